The van der Waals surface area contributed by atoms with Crippen molar-refractivity contribution in [2.45, 2.75) is 31.2 Å². The Morgan fingerprint density at radius 3 is 2.33 bits per heavy atom. The summed E-state index contributed by atoms with van der Waals surface area (Å²) in [7, 11) is -0.503. The van der Waals surface area contributed by atoms with E-state index in [-0.39, 0.29) is 23.5 Å². The summed E-state index contributed by atoms with van der Waals surface area (Å²) in [6, 6.07) is 6.09. The lowest BCUT2D eigenvalue weighted by atomic mass is 10.2. The highest BCUT2D eigenvalue weighted by atomic mass is 32.2. The molecule has 0 spiro atoms. The maximum absolute atomic E-state index is 11.9. The molecule has 1 amide bonds. The number of hydrogen-bond acceptors (Lipinski definition) is 4. The van der Waals surface area contributed by atoms with Gasteiger partial charge in [0, 0.05) is 20.1 Å². The van der Waals surface area contributed by atoms with Crippen LogP contribution in [0.5, 0.6) is 5.75 Å². The number of nitrogens with one attached hydrogen (secondary N) is 1. The molecule has 0 saturated carbocycles. The number of hydrogen-bond donors (Lipinski definition) is 1. The monoisotopic (exact) mass is 314 g/mol. The Labute approximate surface area is 126 Å². The van der Waals surface area contributed by atoms with Crippen LogP contribution in [-0.2, 0) is 14.8 Å². The quantitative estimate of drug-likeness (QED) is 0.821. The predicted molar refractivity (Wildman–Crippen MR) is 80.7 cm³/mol. The minimum absolute atomic E-state index is 0.0931. The minimum Gasteiger partial charge on any atom is -0.484 e. The summed E-state index contributed by atoms with van der Waals surface area (Å²) >= 11 is 0. The fourth-order valence-electron chi connectivity index (χ4n) is 1.49. The van der Waals surface area contributed by atoms with Crippen molar-refractivity contribution in [2.24, 2.45) is 0 Å². The van der Waals surface area contributed by atoms with E-state index in [1.807, 2.05) is 13.8 Å². The number of rotatable bonds is 7. The average molecular weight is 314 g/mol. The fourth-order valence-corrected chi connectivity index (χ4v) is 2.39. The Kier molecular flexibility index (Phi) is 6.17. The van der Waals surface area contributed by atoms with Gasteiger partial charge in [-0.05, 0) is 37.6 Å². The van der Waals surface area contributed by atoms with Gasteiger partial charge >= 0.3 is 0 Å². The van der Waals surface area contributed by atoms with Gasteiger partial charge in [-0.2, -0.15) is 0 Å². The highest BCUT2D eigenvalue weighted by Gasteiger charge is 2.16. The highest BCUT2D eigenvalue weighted by molar-refractivity contribution is 7.89. The number of amides is 1. The molecule has 6 nitrogen and oxygen atoms in total. The van der Waals surface area contributed by atoms with E-state index in [9.17, 15) is 13.2 Å². The van der Waals surface area contributed by atoms with Gasteiger partial charge in [-0.1, -0.05) is 6.92 Å². The normalized spacial score (nSPS) is 13.0. The number of sulfonamides is 1. The number of nitrogens with zero attached hydrogens (tertiary/aromatic N) is 1. The second-order valence-corrected chi connectivity index (χ2v) is 7.08. The van der Waals surface area contributed by atoms with Crippen LogP contribution in [0, 0.1) is 0 Å². The molecular formula is C14H22N2O4S. The number of carbonyl (C=O) groups is 1. The number of carbonyl (C=O) groups excluding carboxylic acids is 1. The first-order chi connectivity index (χ1) is 9.77. The average Bonchev–Trinajstić information content (AvgIpc) is 2.45. The van der Waals surface area contributed by atoms with E-state index in [1.54, 1.807) is 0 Å². The molecular weight excluding hydrogens is 292 g/mol. The summed E-state index contributed by atoms with van der Waals surface area (Å²) in [4.78, 5) is 11.7. The second-order valence-electron chi connectivity index (χ2n) is 4.92. The molecule has 0 aromatic heterocycles. The maximum atomic E-state index is 11.9. The van der Waals surface area contributed by atoms with Gasteiger partial charge in [0.25, 0.3) is 5.91 Å². The topological polar surface area (TPSA) is 75.7 Å². The van der Waals surface area contributed by atoms with E-state index in [4.69, 9.17) is 4.74 Å². The molecule has 118 valence electrons. The van der Waals surface area contributed by atoms with Gasteiger partial charge in [0.2, 0.25) is 10.0 Å². The smallest absolute Gasteiger partial charge is 0.258 e. The molecule has 1 rings (SSSR count). The van der Waals surface area contributed by atoms with Crippen molar-refractivity contribution in [1.29, 1.82) is 0 Å². The third-order valence-corrected chi connectivity index (χ3v) is 4.82. The van der Waals surface area contributed by atoms with Crippen molar-refractivity contribution in [1.82, 2.24) is 9.62 Å². The molecule has 1 N–H and O–H groups in total. The predicted octanol–water partition coefficient (Wildman–Crippen LogP) is 1.23. The zero-order chi connectivity index (χ0) is 16.0. The zero-order valence-electron chi connectivity index (χ0n) is 12.8. The molecule has 0 fully saturated rings. The van der Waals surface area contributed by atoms with E-state index < -0.39 is 10.0 Å². The lowest BCUT2D eigenvalue weighted by Gasteiger charge is -2.13. The van der Waals surface area contributed by atoms with Crippen molar-refractivity contribution >= 4 is 15.9 Å². The van der Waals surface area contributed by atoms with Crippen LogP contribution in [0.4, 0.5) is 0 Å². The van der Waals surface area contributed by atoms with Crippen LogP contribution in [-0.4, -0.2) is 45.4 Å². The molecule has 0 radical (unpaired) electrons. The molecule has 0 unspecified atom stereocenters. The summed E-state index contributed by atoms with van der Waals surface area (Å²) in [5.41, 5.74) is 0. The summed E-state index contributed by atoms with van der Waals surface area (Å²) in [6.07, 6.45) is 0.850. The molecule has 0 aliphatic carbocycles. The largest absolute Gasteiger partial charge is 0.484 e. The Morgan fingerprint density at radius 2 is 1.86 bits per heavy atom. The lowest BCUT2D eigenvalue weighted by Crippen LogP contribution is -2.35. The Morgan fingerprint density at radius 1 is 1.29 bits per heavy atom. The van der Waals surface area contributed by atoms with Crippen molar-refractivity contribution in [3.63, 3.8) is 0 Å². The Balaban J connectivity index is 2.62. The summed E-state index contributed by atoms with van der Waals surface area (Å²) in [5.74, 6) is 0.251. The van der Waals surface area contributed by atoms with E-state index in [0.29, 0.717) is 5.75 Å². The van der Waals surface area contributed by atoms with Gasteiger partial charge in [-0.3, -0.25) is 4.79 Å². The number of benzene rings is 1. The van der Waals surface area contributed by atoms with Crippen LogP contribution in [0.1, 0.15) is 20.3 Å². The highest BCUT2D eigenvalue weighted by Crippen LogP contribution is 2.17. The Hall–Kier alpha value is -1.60. The van der Waals surface area contributed by atoms with Crippen LogP contribution in [0.25, 0.3) is 0 Å². The standard InChI is InChI=1S/C14H22N2O4S/c1-5-11(2)15-14(17)10-20-12-6-8-13(9-7-12)21(18,19)16(3)4/h6-9,11H,5,10H2,1-4H3,(H,15,17)/t11-/m1/s1. The van der Waals surface area contributed by atoms with Gasteiger partial charge in [0.15, 0.2) is 6.61 Å². The van der Waals surface area contributed by atoms with Gasteiger partial charge < -0.3 is 10.1 Å². The van der Waals surface area contributed by atoms with Crippen molar-refractivity contribution in [3.05, 3.63) is 24.3 Å². The molecule has 0 saturated heterocycles. The van der Waals surface area contributed by atoms with E-state index in [2.05, 4.69) is 5.32 Å². The second kappa shape index (κ2) is 7.42. The minimum atomic E-state index is -3.45. The van der Waals surface area contributed by atoms with Crippen molar-refractivity contribution in [2.75, 3.05) is 20.7 Å². The molecule has 0 bridgehead atoms. The molecule has 1 aromatic carbocycles. The SMILES string of the molecule is CC[C@@H](C)NC(=O)COc1ccc(S(=O)(=O)N(C)C)cc1. The van der Waals surface area contributed by atoms with Crippen molar-refractivity contribution < 1.29 is 17.9 Å². The summed E-state index contributed by atoms with van der Waals surface area (Å²) in [5, 5.41) is 2.78. The number of ether oxygens (including phenoxy) is 1. The fraction of sp³-hybridized carbons (Fsp3) is 0.500. The van der Waals surface area contributed by atoms with Gasteiger partial charge in [0.1, 0.15) is 5.75 Å². The zero-order valence-corrected chi connectivity index (χ0v) is 13.6. The summed E-state index contributed by atoms with van der Waals surface area (Å²) in [6.45, 7) is 3.80. The van der Waals surface area contributed by atoms with Crippen LogP contribution in [0.15, 0.2) is 29.2 Å². The van der Waals surface area contributed by atoms with Gasteiger partial charge in [-0.15, -0.1) is 0 Å². The van der Waals surface area contributed by atoms with E-state index in [1.165, 1.54) is 38.4 Å². The first kappa shape index (κ1) is 17.5. The van der Waals surface area contributed by atoms with Crippen LogP contribution in [0.2, 0.25) is 0 Å². The lowest BCUT2D eigenvalue weighted by molar-refractivity contribution is -0.123. The first-order valence-corrected chi connectivity index (χ1v) is 8.16. The van der Waals surface area contributed by atoms with Crippen molar-refractivity contribution in [3.8, 4) is 5.75 Å². The van der Waals surface area contributed by atoms with Crippen LogP contribution >= 0.6 is 0 Å². The molecule has 0 heterocycles. The molecule has 0 aliphatic rings. The Bertz CT molecular complexity index is 567. The maximum Gasteiger partial charge on any atom is 0.258 e. The third-order valence-electron chi connectivity index (χ3n) is 2.99. The molecule has 7 heteroatoms. The van der Waals surface area contributed by atoms with E-state index >= 15 is 0 Å². The molecule has 1 atom stereocenters. The van der Waals surface area contributed by atoms with Gasteiger partial charge in [0.05, 0.1) is 4.90 Å². The third kappa shape index (κ3) is 5.02. The summed E-state index contributed by atoms with van der Waals surface area (Å²) < 4.78 is 30.2. The van der Waals surface area contributed by atoms with Crippen LogP contribution < -0.4 is 10.1 Å². The molecule has 21 heavy (non-hydrogen) atoms. The molecule has 0 aliphatic heterocycles. The first-order valence-electron chi connectivity index (χ1n) is 6.72. The van der Waals surface area contributed by atoms with E-state index in [0.717, 1.165) is 10.7 Å². The van der Waals surface area contributed by atoms with Crippen LogP contribution in [0.3, 0.4) is 0 Å². The van der Waals surface area contributed by atoms with Gasteiger partial charge in [-0.25, -0.2) is 12.7 Å². The molecule has 1 aromatic rings.